The summed E-state index contributed by atoms with van der Waals surface area (Å²) in [5.41, 5.74) is 1.19. The molecule has 1 saturated heterocycles. The van der Waals surface area contributed by atoms with Gasteiger partial charge in [-0.05, 0) is 22.0 Å². The maximum absolute atomic E-state index is 5.44. The first-order valence-electron chi connectivity index (χ1n) is 6.08. The summed E-state index contributed by atoms with van der Waals surface area (Å²) in [6, 6.07) is 4.02. The molecule has 0 saturated carbocycles. The Bertz CT molecular complexity index is 406. The monoisotopic (exact) mass is 314 g/mol. The molecular formula is C13H19BrN2O2. The molecule has 0 unspecified atom stereocenters. The van der Waals surface area contributed by atoms with E-state index in [1.54, 1.807) is 14.2 Å². The third kappa shape index (κ3) is 3.16. The van der Waals surface area contributed by atoms with Crippen molar-refractivity contribution in [1.29, 1.82) is 0 Å². The number of hydrogen-bond acceptors (Lipinski definition) is 4. The summed E-state index contributed by atoms with van der Waals surface area (Å²) in [7, 11) is 3.36. The minimum Gasteiger partial charge on any atom is -0.496 e. The van der Waals surface area contributed by atoms with Gasteiger partial charge in [0.15, 0.2) is 0 Å². The first-order chi connectivity index (χ1) is 8.74. The zero-order valence-electron chi connectivity index (χ0n) is 10.8. The highest BCUT2D eigenvalue weighted by Gasteiger charge is 2.15. The van der Waals surface area contributed by atoms with Crippen molar-refractivity contribution in [2.24, 2.45) is 0 Å². The lowest BCUT2D eigenvalue weighted by atomic mass is 10.1. The fraction of sp³-hybridized carbons (Fsp3) is 0.538. The van der Waals surface area contributed by atoms with Gasteiger partial charge in [-0.3, -0.25) is 4.90 Å². The van der Waals surface area contributed by atoms with E-state index in [9.17, 15) is 0 Å². The summed E-state index contributed by atoms with van der Waals surface area (Å²) in [6.45, 7) is 5.17. The summed E-state index contributed by atoms with van der Waals surface area (Å²) in [6.07, 6.45) is 0. The second-order valence-corrected chi connectivity index (χ2v) is 5.18. The molecule has 5 heteroatoms. The molecular weight excluding hydrogens is 296 g/mol. The molecule has 0 aliphatic carbocycles. The summed E-state index contributed by atoms with van der Waals surface area (Å²) in [5, 5.41) is 3.36. The van der Waals surface area contributed by atoms with Crippen LogP contribution in [-0.4, -0.2) is 45.3 Å². The number of rotatable bonds is 4. The zero-order chi connectivity index (χ0) is 13.0. The summed E-state index contributed by atoms with van der Waals surface area (Å²) in [4.78, 5) is 2.42. The van der Waals surface area contributed by atoms with Gasteiger partial charge in [-0.15, -0.1) is 0 Å². The Balaban J connectivity index is 2.17. The van der Waals surface area contributed by atoms with Crippen molar-refractivity contribution in [3.8, 4) is 11.5 Å². The van der Waals surface area contributed by atoms with Gasteiger partial charge in [0.05, 0.1) is 18.7 Å². The number of piperazine rings is 1. The van der Waals surface area contributed by atoms with E-state index in [0.717, 1.165) is 48.7 Å². The second-order valence-electron chi connectivity index (χ2n) is 4.32. The maximum Gasteiger partial charge on any atom is 0.136 e. The van der Waals surface area contributed by atoms with E-state index >= 15 is 0 Å². The molecule has 0 radical (unpaired) electrons. The lowest BCUT2D eigenvalue weighted by Crippen LogP contribution is -2.42. The number of methoxy groups -OCH3 is 2. The third-order valence-electron chi connectivity index (χ3n) is 3.16. The number of halogens is 1. The van der Waals surface area contributed by atoms with Crippen molar-refractivity contribution in [3.63, 3.8) is 0 Å². The number of hydrogen-bond donors (Lipinski definition) is 1. The van der Waals surface area contributed by atoms with Crippen molar-refractivity contribution in [1.82, 2.24) is 10.2 Å². The van der Waals surface area contributed by atoms with Crippen molar-refractivity contribution in [2.75, 3.05) is 40.4 Å². The highest BCUT2D eigenvalue weighted by atomic mass is 79.9. The summed E-state index contributed by atoms with van der Waals surface area (Å²) < 4.78 is 11.7. The second kappa shape index (κ2) is 6.41. The van der Waals surface area contributed by atoms with E-state index in [1.807, 2.05) is 6.07 Å². The van der Waals surface area contributed by atoms with Gasteiger partial charge < -0.3 is 14.8 Å². The van der Waals surface area contributed by atoms with Gasteiger partial charge in [0.1, 0.15) is 11.5 Å². The van der Waals surface area contributed by atoms with Crippen molar-refractivity contribution < 1.29 is 9.47 Å². The molecule has 18 heavy (non-hydrogen) atoms. The SMILES string of the molecule is COc1cc(OC)c(CN2CCNCC2)cc1Br. The highest BCUT2D eigenvalue weighted by molar-refractivity contribution is 9.10. The molecule has 1 fully saturated rings. The molecule has 0 amide bonds. The smallest absolute Gasteiger partial charge is 0.136 e. The molecule has 0 aromatic heterocycles. The van der Waals surface area contributed by atoms with Crippen LogP contribution in [-0.2, 0) is 6.54 Å². The largest absolute Gasteiger partial charge is 0.496 e. The van der Waals surface area contributed by atoms with Gasteiger partial charge >= 0.3 is 0 Å². The third-order valence-corrected chi connectivity index (χ3v) is 3.78. The lowest BCUT2D eigenvalue weighted by Gasteiger charge is -2.28. The van der Waals surface area contributed by atoms with Crippen LogP contribution in [0.5, 0.6) is 11.5 Å². The van der Waals surface area contributed by atoms with Crippen LogP contribution < -0.4 is 14.8 Å². The van der Waals surface area contributed by atoms with Crippen LogP contribution in [0.1, 0.15) is 5.56 Å². The Kier molecular flexibility index (Phi) is 4.86. The van der Waals surface area contributed by atoms with Crippen molar-refractivity contribution in [2.45, 2.75) is 6.54 Å². The van der Waals surface area contributed by atoms with Gasteiger partial charge in [-0.2, -0.15) is 0 Å². The number of benzene rings is 1. The van der Waals surface area contributed by atoms with Crippen LogP contribution in [0.4, 0.5) is 0 Å². The van der Waals surface area contributed by atoms with Crippen molar-refractivity contribution >= 4 is 15.9 Å². The van der Waals surface area contributed by atoms with Gasteiger partial charge in [0, 0.05) is 44.4 Å². The molecule has 2 rings (SSSR count). The first-order valence-corrected chi connectivity index (χ1v) is 6.87. The number of nitrogens with one attached hydrogen (secondary N) is 1. The quantitative estimate of drug-likeness (QED) is 0.920. The fourth-order valence-electron chi connectivity index (χ4n) is 2.16. The number of ether oxygens (including phenoxy) is 2. The molecule has 4 nitrogen and oxygen atoms in total. The van der Waals surface area contributed by atoms with Gasteiger partial charge in [-0.1, -0.05) is 0 Å². The molecule has 100 valence electrons. The summed E-state index contributed by atoms with van der Waals surface area (Å²) >= 11 is 3.52. The molecule has 0 atom stereocenters. The van der Waals surface area contributed by atoms with E-state index in [1.165, 1.54) is 5.56 Å². The minimum atomic E-state index is 0.802. The summed E-state index contributed by atoms with van der Waals surface area (Å²) in [5.74, 6) is 1.68. The molecule has 1 aliphatic heterocycles. The highest BCUT2D eigenvalue weighted by Crippen LogP contribution is 2.33. The predicted octanol–water partition coefficient (Wildman–Crippen LogP) is 1.87. The van der Waals surface area contributed by atoms with E-state index < -0.39 is 0 Å². The average molecular weight is 315 g/mol. The predicted molar refractivity (Wildman–Crippen MR) is 75.4 cm³/mol. The zero-order valence-corrected chi connectivity index (χ0v) is 12.4. The molecule has 1 aliphatic rings. The Hall–Kier alpha value is -0.780. The molecule has 1 heterocycles. The Morgan fingerprint density at radius 2 is 1.83 bits per heavy atom. The van der Waals surface area contributed by atoms with Gasteiger partial charge in [0.25, 0.3) is 0 Å². The standard InChI is InChI=1S/C13H19BrN2O2/c1-17-12-8-13(18-2)11(14)7-10(12)9-16-5-3-15-4-6-16/h7-8,15H,3-6,9H2,1-2H3. The lowest BCUT2D eigenvalue weighted by molar-refractivity contribution is 0.230. The Morgan fingerprint density at radius 3 is 2.44 bits per heavy atom. The van der Waals surface area contributed by atoms with Gasteiger partial charge in [-0.25, -0.2) is 0 Å². The van der Waals surface area contributed by atoms with E-state index in [2.05, 4.69) is 32.2 Å². The molecule has 0 bridgehead atoms. The van der Waals surface area contributed by atoms with Crippen LogP contribution in [0.25, 0.3) is 0 Å². The van der Waals surface area contributed by atoms with E-state index in [4.69, 9.17) is 9.47 Å². The first kappa shape index (κ1) is 13.6. The van der Waals surface area contributed by atoms with Crippen LogP contribution in [0.3, 0.4) is 0 Å². The van der Waals surface area contributed by atoms with E-state index in [0.29, 0.717) is 0 Å². The van der Waals surface area contributed by atoms with E-state index in [-0.39, 0.29) is 0 Å². The molecule has 0 spiro atoms. The van der Waals surface area contributed by atoms with Crippen molar-refractivity contribution in [3.05, 3.63) is 22.2 Å². The van der Waals surface area contributed by atoms with Crippen LogP contribution in [0.2, 0.25) is 0 Å². The van der Waals surface area contributed by atoms with Crippen LogP contribution >= 0.6 is 15.9 Å². The molecule has 1 aromatic rings. The maximum atomic E-state index is 5.44. The molecule has 1 aromatic carbocycles. The minimum absolute atomic E-state index is 0.802. The average Bonchev–Trinajstić information content (AvgIpc) is 2.40. The van der Waals surface area contributed by atoms with Gasteiger partial charge in [0.2, 0.25) is 0 Å². The van der Waals surface area contributed by atoms with Crippen LogP contribution in [0.15, 0.2) is 16.6 Å². The fourth-order valence-corrected chi connectivity index (χ4v) is 2.71. The topological polar surface area (TPSA) is 33.7 Å². The van der Waals surface area contributed by atoms with Crippen LogP contribution in [0, 0.1) is 0 Å². The number of nitrogens with zero attached hydrogens (tertiary/aromatic N) is 1. The molecule has 1 N–H and O–H groups in total. The Morgan fingerprint density at radius 1 is 1.17 bits per heavy atom. The normalized spacial score (nSPS) is 16.6. The Labute approximate surface area is 116 Å².